The standard InChI is InChI=1S/C15H29N3O3/c1-5-15(13(19)20)8-6-9-18(11-15)14(21)16-12(2)7-10-17(3)4/h12H,5-11H2,1-4H3,(H,16,21)(H,19,20). The van der Waals surface area contributed by atoms with Gasteiger partial charge >= 0.3 is 12.0 Å². The molecule has 0 bridgehead atoms. The Bertz CT molecular complexity index is 373. The third kappa shape index (κ3) is 4.88. The maximum Gasteiger partial charge on any atom is 0.317 e. The van der Waals surface area contributed by atoms with Crippen LogP contribution in [0.5, 0.6) is 0 Å². The van der Waals surface area contributed by atoms with Crippen molar-refractivity contribution in [3.05, 3.63) is 0 Å². The summed E-state index contributed by atoms with van der Waals surface area (Å²) in [5.74, 6) is -0.789. The van der Waals surface area contributed by atoms with E-state index in [4.69, 9.17) is 0 Å². The van der Waals surface area contributed by atoms with Gasteiger partial charge in [-0.25, -0.2) is 4.79 Å². The van der Waals surface area contributed by atoms with Crippen LogP contribution in [0, 0.1) is 5.41 Å². The van der Waals surface area contributed by atoms with Gasteiger partial charge in [-0.3, -0.25) is 4.79 Å². The van der Waals surface area contributed by atoms with Gasteiger partial charge in [-0.15, -0.1) is 0 Å². The summed E-state index contributed by atoms with van der Waals surface area (Å²) in [6.45, 7) is 5.73. The van der Waals surface area contributed by atoms with Crippen LogP contribution in [0.25, 0.3) is 0 Å². The second-order valence-corrected chi connectivity index (χ2v) is 6.41. The number of likely N-dealkylation sites (tertiary alicyclic amines) is 1. The van der Waals surface area contributed by atoms with E-state index in [1.165, 1.54) is 0 Å². The lowest BCUT2D eigenvalue weighted by Crippen LogP contribution is -2.53. The van der Waals surface area contributed by atoms with Crippen LogP contribution in [0.1, 0.15) is 39.5 Å². The third-order valence-electron chi connectivity index (χ3n) is 4.37. The molecular weight excluding hydrogens is 270 g/mol. The average molecular weight is 299 g/mol. The molecule has 6 heteroatoms. The summed E-state index contributed by atoms with van der Waals surface area (Å²) in [6, 6.07) is -0.0530. The number of amides is 2. The first-order valence-corrected chi connectivity index (χ1v) is 7.74. The van der Waals surface area contributed by atoms with E-state index in [0.717, 1.165) is 19.4 Å². The molecule has 2 N–H and O–H groups in total. The van der Waals surface area contributed by atoms with Gasteiger partial charge in [-0.05, 0) is 53.2 Å². The molecule has 1 aliphatic heterocycles. The molecule has 0 aromatic carbocycles. The smallest absolute Gasteiger partial charge is 0.317 e. The van der Waals surface area contributed by atoms with Crippen LogP contribution in [0.4, 0.5) is 4.79 Å². The number of urea groups is 1. The first-order chi connectivity index (χ1) is 9.80. The van der Waals surface area contributed by atoms with Gasteiger partial charge in [-0.1, -0.05) is 6.92 Å². The van der Waals surface area contributed by atoms with Crippen molar-refractivity contribution in [1.29, 1.82) is 0 Å². The third-order valence-corrected chi connectivity index (χ3v) is 4.37. The zero-order valence-corrected chi connectivity index (χ0v) is 13.7. The Balaban J connectivity index is 2.56. The number of hydrogen-bond acceptors (Lipinski definition) is 3. The summed E-state index contributed by atoms with van der Waals surface area (Å²) >= 11 is 0. The lowest BCUT2D eigenvalue weighted by Gasteiger charge is -2.39. The molecule has 122 valence electrons. The topological polar surface area (TPSA) is 72.9 Å². The second-order valence-electron chi connectivity index (χ2n) is 6.41. The molecule has 0 aliphatic carbocycles. The minimum Gasteiger partial charge on any atom is -0.481 e. The van der Waals surface area contributed by atoms with Gasteiger partial charge in [0.25, 0.3) is 0 Å². The molecule has 6 nitrogen and oxygen atoms in total. The molecule has 0 saturated carbocycles. The largest absolute Gasteiger partial charge is 0.481 e. The van der Waals surface area contributed by atoms with Gasteiger partial charge in [0.2, 0.25) is 0 Å². The summed E-state index contributed by atoms with van der Waals surface area (Å²) in [5.41, 5.74) is -0.775. The van der Waals surface area contributed by atoms with Crippen molar-refractivity contribution in [1.82, 2.24) is 15.1 Å². The number of nitrogens with one attached hydrogen (secondary N) is 1. The second kappa shape index (κ2) is 7.64. The Morgan fingerprint density at radius 3 is 2.62 bits per heavy atom. The number of hydrogen-bond donors (Lipinski definition) is 2. The molecule has 1 heterocycles. The lowest BCUT2D eigenvalue weighted by atomic mass is 9.78. The van der Waals surface area contributed by atoms with Crippen molar-refractivity contribution in [2.45, 2.75) is 45.6 Å². The molecule has 2 unspecified atom stereocenters. The first kappa shape index (κ1) is 17.8. The lowest BCUT2D eigenvalue weighted by molar-refractivity contribution is -0.152. The zero-order valence-electron chi connectivity index (χ0n) is 13.7. The summed E-state index contributed by atoms with van der Waals surface area (Å²) in [4.78, 5) is 27.5. The molecule has 1 aliphatic rings. The number of carboxylic acid groups (broad SMARTS) is 1. The van der Waals surface area contributed by atoms with Crippen LogP contribution in [-0.4, -0.2) is 66.7 Å². The van der Waals surface area contributed by atoms with E-state index in [-0.39, 0.29) is 12.1 Å². The Hall–Kier alpha value is -1.30. The van der Waals surface area contributed by atoms with Gasteiger partial charge in [0, 0.05) is 19.1 Å². The molecule has 0 radical (unpaired) electrons. The highest BCUT2D eigenvalue weighted by Gasteiger charge is 2.42. The Labute approximate surface area is 127 Å². The summed E-state index contributed by atoms with van der Waals surface area (Å²) in [6.07, 6.45) is 2.84. The average Bonchev–Trinajstić information content (AvgIpc) is 2.44. The number of piperidine rings is 1. The van der Waals surface area contributed by atoms with Crippen molar-refractivity contribution in [2.75, 3.05) is 33.7 Å². The van der Waals surface area contributed by atoms with Gasteiger partial charge in [0.1, 0.15) is 0 Å². The highest BCUT2D eigenvalue weighted by atomic mass is 16.4. The maximum atomic E-state index is 12.3. The van der Waals surface area contributed by atoms with Crippen molar-refractivity contribution in [2.24, 2.45) is 5.41 Å². The fourth-order valence-corrected chi connectivity index (χ4v) is 2.75. The van der Waals surface area contributed by atoms with Gasteiger partial charge in [0.15, 0.2) is 0 Å². The number of rotatable bonds is 6. The molecule has 0 aromatic rings. The molecule has 2 atom stereocenters. The number of carboxylic acids is 1. The highest BCUT2D eigenvalue weighted by Crippen LogP contribution is 2.33. The van der Waals surface area contributed by atoms with E-state index < -0.39 is 11.4 Å². The fraction of sp³-hybridized carbons (Fsp3) is 0.867. The minimum atomic E-state index is -0.789. The van der Waals surface area contributed by atoms with E-state index >= 15 is 0 Å². The molecule has 1 fully saturated rings. The van der Waals surface area contributed by atoms with E-state index in [9.17, 15) is 14.7 Å². The monoisotopic (exact) mass is 299 g/mol. The van der Waals surface area contributed by atoms with Crippen LogP contribution in [0.2, 0.25) is 0 Å². The quantitative estimate of drug-likeness (QED) is 0.781. The predicted octanol–water partition coefficient (Wildman–Crippen LogP) is 1.61. The van der Waals surface area contributed by atoms with Crippen LogP contribution in [0.3, 0.4) is 0 Å². The molecule has 0 aromatic heterocycles. The molecule has 1 saturated heterocycles. The van der Waals surface area contributed by atoms with E-state index in [2.05, 4.69) is 10.2 Å². The molecule has 1 rings (SSSR count). The van der Waals surface area contributed by atoms with E-state index in [1.54, 1.807) is 4.90 Å². The van der Waals surface area contributed by atoms with Crippen LogP contribution in [-0.2, 0) is 4.79 Å². The Morgan fingerprint density at radius 2 is 2.10 bits per heavy atom. The van der Waals surface area contributed by atoms with Crippen LogP contribution in [0.15, 0.2) is 0 Å². The molecule has 21 heavy (non-hydrogen) atoms. The number of carbonyl (C=O) groups is 2. The Morgan fingerprint density at radius 1 is 1.43 bits per heavy atom. The number of carbonyl (C=O) groups excluding carboxylic acids is 1. The van der Waals surface area contributed by atoms with Crippen molar-refractivity contribution in [3.8, 4) is 0 Å². The van der Waals surface area contributed by atoms with Gasteiger partial charge < -0.3 is 20.2 Å². The summed E-state index contributed by atoms with van der Waals surface area (Å²) in [7, 11) is 4.00. The minimum absolute atomic E-state index is 0.0858. The summed E-state index contributed by atoms with van der Waals surface area (Å²) < 4.78 is 0. The van der Waals surface area contributed by atoms with Crippen molar-refractivity contribution in [3.63, 3.8) is 0 Å². The maximum absolute atomic E-state index is 12.3. The van der Waals surface area contributed by atoms with Crippen LogP contribution >= 0.6 is 0 Å². The van der Waals surface area contributed by atoms with Crippen LogP contribution < -0.4 is 5.32 Å². The zero-order chi connectivity index (χ0) is 16.0. The van der Waals surface area contributed by atoms with E-state index in [1.807, 2.05) is 27.9 Å². The van der Waals surface area contributed by atoms with Crippen molar-refractivity contribution >= 4 is 12.0 Å². The molecule has 0 spiro atoms. The van der Waals surface area contributed by atoms with E-state index in [0.29, 0.717) is 25.9 Å². The molecule has 2 amide bonds. The number of aliphatic carboxylic acids is 1. The first-order valence-electron chi connectivity index (χ1n) is 7.74. The van der Waals surface area contributed by atoms with Crippen molar-refractivity contribution < 1.29 is 14.7 Å². The number of nitrogens with zero attached hydrogens (tertiary/aromatic N) is 2. The predicted molar refractivity (Wildman–Crippen MR) is 82.3 cm³/mol. The summed E-state index contributed by atoms with van der Waals surface area (Å²) in [5, 5.41) is 12.4. The SMILES string of the molecule is CCC1(C(=O)O)CCCN(C(=O)NC(C)CCN(C)C)C1. The van der Waals surface area contributed by atoms with Gasteiger partial charge in [0.05, 0.1) is 5.41 Å². The highest BCUT2D eigenvalue weighted by molar-refractivity contribution is 5.78. The normalized spacial score (nSPS) is 24.0. The van der Waals surface area contributed by atoms with Gasteiger partial charge in [-0.2, -0.15) is 0 Å². The fourth-order valence-electron chi connectivity index (χ4n) is 2.75. The Kier molecular flexibility index (Phi) is 6.45. The molecular formula is C15H29N3O3.